The predicted octanol–water partition coefficient (Wildman–Crippen LogP) is 1.48. The van der Waals surface area contributed by atoms with Crippen LogP contribution in [0, 0.1) is 0 Å². The van der Waals surface area contributed by atoms with Crippen molar-refractivity contribution < 1.29 is 30.0 Å². The molecule has 4 N–H and O–H groups in total. The summed E-state index contributed by atoms with van der Waals surface area (Å²) in [6.07, 6.45) is -2.69. The highest BCUT2D eigenvalue weighted by molar-refractivity contribution is 6.03. The SMILES string of the molecule is O=C1c2ccc(O)cc2O[C@@H](c2cccc(O)c2O)[C@@H]1O. The maximum absolute atomic E-state index is 12.2. The molecular weight excluding hydrogens is 276 g/mol. The summed E-state index contributed by atoms with van der Waals surface area (Å²) >= 11 is 0. The molecule has 0 aliphatic carbocycles. The lowest BCUT2D eigenvalue weighted by Crippen LogP contribution is -2.36. The van der Waals surface area contributed by atoms with Crippen molar-refractivity contribution in [3.63, 3.8) is 0 Å². The summed E-state index contributed by atoms with van der Waals surface area (Å²) in [5.41, 5.74) is 0.237. The van der Waals surface area contributed by atoms with Gasteiger partial charge < -0.3 is 25.2 Å². The van der Waals surface area contributed by atoms with E-state index in [0.717, 1.165) is 0 Å². The summed E-state index contributed by atoms with van der Waals surface area (Å²) < 4.78 is 5.52. The van der Waals surface area contributed by atoms with Gasteiger partial charge in [0, 0.05) is 11.6 Å². The maximum atomic E-state index is 12.2. The van der Waals surface area contributed by atoms with Gasteiger partial charge in [-0.3, -0.25) is 4.79 Å². The Labute approximate surface area is 119 Å². The number of fused-ring (bicyclic) bond motifs is 1. The highest BCUT2D eigenvalue weighted by Gasteiger charge is 2.38. The predicted molar refractivity (Wildman–Crippen MR) is 71.6 cm³/mol. The fourth-order valence-corrected chi connectivity index (χ4v) is 2.32. The average molecular weight is 288 g/mol. The van der Waals surface area contributed by atoms with Crippen molar-refractivity contribution in [3.05, 3.63) is 47.5 Å². The zero-order valence-corrected chi connectivity index (χ0v) is 10.7. The van der Waals surface area contributed by atoms with E-state index in [1.165, 1.54) is 36.4 Å². The first-order valence-electron chi connectivity index (χ1n) is 6.22. The first kappa shape index (κ1) is 13.3. The van der Waals surface area contributed by atoms with Gasteiger partial charge in [0.2, 0.25) is 0 Å². The molecular formula is C15H12O6. The van der Waals surface area contributed by atoms with Crippen LogP contribution in [0.5, 0.6) is 23.0 Å². The van der Waals surface area contributed by atoms with Gasteiger partial charge in [-0.15, -0.1) is 0 Å². The number of hydrogen-bond donors (Lipinski definition) is 4. The van der Waals surface area contributed by atoms with Gasteiger partial charge in [-0.05, 0) is 18.2 Å². The van der Waals surface area contributed by atoms with Crippen LogP contribution in [-0.2, 0) is 0 Å². The molecule has 0 spiro atoms. The standard InChI is InChI=1S/C15H12O6/c16-7-4-5-8-11(6-7)21-15(14(20)13(8)19)9-2-1-3-10(17)12(9)18/h1-6,14-18,20H/t14-,15+/m1/s1. The molecule has 0 bridgehead atoms. The van der Waals surface area contributed by atoms with Gasteiger partial charge in [0.05, 0.1) is 5.56 Å². The van der Waals surface area contributed by atoms with E-state index in [2.05, 4.69) is 0 Å². The fourth-order valence-electron chi connectivity index (χ4n) is 2.32. The Balaban J connectivity index is 2.09. The average Bonchev–Trinajstić information content (AvgIpc) is 2.46. The van der Waals surface area contributed by atoms with E-state index in [-0.39, 0.29) is 28.4 Å². The number of carbonyl (C=O) groups excluding carboxylic acids is 1. The van der Waals surface area contributed by atoms with E-state index in [4.69, 9.17) is 4.74 Å². The molecule has 0 aromatic heterocycles. The zero-order chi connectivity index (χ0) is 15.1. The Morgan fingerprint density at radius 3 is 2.57 bits per heavy atom. The van der Waals surface area contributed by atoms with Crippen molar-refractivity contribution in [3.8, 4) is 23.0 Å². The number of ketones is 1. The molecule has 3 rings (SSSR count). The van der Waals surface area contributed by atoms with Crippen LogP contribution in [0.1, 0.15) is 22.0 Å². The van der Waals surface area contributed by atoms with Gasteiger partial charge in [0.15, 0.2) is 29.5 Å². The Kier molecular flexibility index (Phi) is 2.95. The smallest absolute Gasteiger partial charge is 0.199 e. The third kappa shape index (κ3) is 2.05. The third-order valence-electron chi connectivity index (χ3n) is 3.39. The molecule has 0 saturated heterocycles. The van der Waals surface area contributed by atoms with Crippen molar-refractivity contribution in [2.24, 2.45) is 0 Å². The molecule has 0 amide bonds. The molecule has 6 nitrogen and oxygen atoms in total. The summed E-state index contributed by atoms with van der Waals surface area (Å²) in [6, 6.07) is 8.10. The minimum atomic E-state index is -1.52. The van der Waals surface area contributed by atoms with E-state index in [1.807, 2.05) is 0 Å². The second-order valence-corrected chi connectivity index (χ2v) is 4.74. The van der Waals surface area contributed by atoms with Crippen LogP contribution in [0.4, 0.5) is 0 Å². The van der Waals surface area contributed by atoms with E-state index >= 15 is 0 Å². The molecule has 0 fully saturated rings. The number of phenolic OH excluding ortho intramolecular Hbond substituents is 3. The number of benzene rings is 2. The molecule has 1 heterocycles. The molecule has 0 unspecified atom stereocenters. The summed E-state index contributed by atoms with van der Waals surface area (Å²) in [4.78, 5) is 12.2. The third-order valence-corrected chi connectivity index (χ3v) is 3.39. The fraction of sp³-hybridized carbons (Fsp3) is 0.133. The largest absolute Gasteiger partial charge is 0.508 e. The Hall–Kier alpha value is -2.73. The van der Waals surface area contributed by atoms with Gasteiger partial charge in [-0.1, -0.05) is 12.1 Å². The molecule has 0 radical (unpaired) electrons. The summed E-state index contributed by atoms with van der Waals surface area (Å²) in [7, 11) is 0. The molecule has 21 heavy (non-hydrogen) atoms. The summed E-state index contributed by atoms with van der Waals surface area (Å²) in [6.45, 7) is 0. The number of para-hydroxylation sites is 1. The van der Waals surface area contributed by atoms with Crippen LogP contribution in [-0.4, -0.2) is 32.3 Å². The zero-order valence-electron chi connectivity index (χ0n) is 10.7. The quantitative estimate of drug-likeness (QED) is 0.592. The molecule has 0 saturated carbocycles. The minimum Gasteiger partial charge on any atom is -0.508 e. The van der Waals surface area contributed by atoms with Gasteiger partial charge in [0.25, 0.3) is 0 Å². The molecule has 2 aromatic rings. The van der Waals surface area contributed by atoms with Crippen LogP contribution >= 0.6 is 0 Å². The maximum Gasteiger partial charge on any atom is 0.199 e. The van der Waals surface area contributed by atoms with Gasteiger partial charge in [0.1, 0.15) is 11.5 Å². The molecule has 1 aliphatic heterocycles. The van der Waals surface area contributed by atoms with E-state index in [9.17, 15) is 25.2 Å². The number of rotatable bonds is 1. The molecule has 1 aliphatic rings. The van der Waals surface area contributed by atoms with Crippen LogP contribution < -0.4 is 4.74 Å². The van der Waals surface area contributed by atoms with E-state index in [1.54, 1.807) is 0 Å². The minimum absolute atomic E-state index is 0.0863. The Morgan fingerprint density at radius 1 is 1.05 bits per heavy atom. The molecule has 2 atom stereocenters. The topological polar surface area (TPSA) is 107 Å². The number of aliphatic hydroxyl groups excluding tert-OH is 1. The summed E-state index contributed by atoms with van der Waals surface area (Å²) in [5.74, 6) is -1.39. The lowest BCUT2D eigenvalue weighted by atomic mass is 9.93. The van der Waals surface area contributed by atoms with Gasteiger partial charge >= 0.3 is 0 Å². The highest BCUT2D eigenvalue weighted by Crippen LogP contribution is 2.41. The second-order valence-electron chi connectivity index (χ2n) is 4.74. The Morgan fingerprint density at radius 2 is 1.81 bits per heavy atom. The van der Waals surface area contributed by atoms with Crippen LogP contribution in [0.2, 0.25) is 0 Å². The van der Waals surface area contributed by atoms with Crippen LogP contribution in [0.25, 0.3) is 0 Å². The monoisotopic (exact) mass is 288 g/mol. The lowest BCUT2D eigenvalue weighted by Gasteiger charge is -2.30. The van der Waals surface area contributed by atoms with E-state index < -0.39 is 23.7 Å². The number of aromatic hydroxyl groups is 3. The van der Waals surface area contributed by atoms with Crippen molar-refractivity contribution in [2.75, 3.05) is 0 Å². The van der Waals surface area contributed by atoms with Crippen molar-refractivity contribution in [2.45, 2.75) is 12.2 Å². The Bertz CT molecular complexity index is 724. The number of phenols is 3. The highest BCUT2D eigenvalue weighted by atomic mass is 16.5. The lowest BCUT2D eigenvalue weighted by molar-refractivity contribution is 0.0207. The first-order chi connectivity index (χ1) is 9.99. The number of ether oxygens (including phenoxy) is 1. The van der Waals surface area contributed by atoms with Gasteiger partial charge in [-0.25, -0.2) is 0 Å². The van der Waals surface area contributed by atoms with Crippen molar-refractivity contribution in [1.29, 1.82) is 0 Å². The van der Waals surface area contributed by atoms with Crippen LogP contribution in [0.15, 0.2) is 36.4 Å². The summed E-state index contributed by atoms with van der Waals surface area (Å²) in [5, 5.41) is 38.9. The van der Waals surface area contributed by atoms with Crippen LogP contribution in [0.3, 0.4) is 0 Å². The molecule has 108 valence electrons. The molecule has 2 aromatic carbocycles. The number of carbonyl (C=O) groups is 1. The number of hydrogen-bond acceptors (Lipinski definition) is 6. The van der Waals surface area contributed by atoms with E-state index in [0.29, 0.717) is 0 Å². The van der Waals surface area contributed by atoms with Crippen molar-refractivity contribution >= 4 is 5.78 Å². The molecule has 6 heteroatoms. The van der Waals surface area contributed by atoms with Gasteiger partial charge in [-0.2, -0.15) is 0 Å². The number of Topliss-reactive ketones (excluding diaryl/α,β-unsaturated/α-hetero) is 1. The first-order valence-corrected chi connectivity index (χ1v) is 6.22. The number of aliphatic hydroxyl groups is 1. The second kappa shape index (κ2) is 4.68. The van der Waals surface area contributed by atoms with Crippen molar-refractivity contribution in [1.82, 2.24) is 0 Å². The normalized spacial score (nSPS) is 20.7.